The molecule has 0 bridgehead atoms. The topological polar surface area (TPSA) is 94.6 Å². The summed E-state index contributed by atoms with van der Waals surface area (Å²) >= 11 is 6.20. The van der Waals surface area contributed by atoms with E-state index in [1.807, 2.05) is 26.0 Å². The third-order valence-electron chi connectivity index (χ3n) is 7.11. The second-order valence-corrected chi connectivity index (χ2v) is 10.5. The van der Waals surface area contributed by atoms with Crippen molar-refractivity contribution >= 4 is 28.5 Å². The van der Waals surface area contributed by atoms with E-state index in [0.29, 0.717) is 22.0 Å². The van der Waals surface area contributed by atoms with E-state index in [1.54, 1.807) is 12.1 Å². The van der Waals surface area contributed by atoms with E-state index in [9.17, 15) is 9.90 Å². The molecule has 1 aliphatic heterocycles. The minimum Gasteiger partial charge on any atom is -0.485 e. The SMILES string of the molecule is CCC1CN(C(C)c2ccc(OC(C)(C)CO)cc2)[C@H](CC)CN1c1nc(=O)[nH]c2ccc(Cl)nc12. The Morgan fingerprint density at radius 1 is 1.11 bits per heavy atom. The molecule has 1 saturated heterocycles. The lowest BCUT2D eigenvalue weighted by atomic mass is 9.97. The summed E-state index contributed by atoms with van der Waals surface area (Å²) in [7, 11) is 0. The van der Waals surface area contributed by atoms with Crippen LogP contribution in [0.2, 0.25) is 5.15 Å². The number of hydrogen-bond acceptors (Lipinski definition) is 7. The molecule has 1 aliphatic rings. The predicted octanol–water partition coefficient (Wildman–Crippen LogP) is 4.56. The number of halogens is 1. The molecular formula is C27H36ClN5O3. The van der Waals surface area contributed by atoms with Crippen LogP contribution in [0.1, 0.15) is 59.1 Å². The van der Waals surface area contributed by atoms with Gasteiger partial charge in [0, 0.05) is 31.2 Å². The van der Waals surface area contributed by atoms with Crippen LogP contribution in [0.5, 0.6) is 5.75 Å². The van der Waals surface area contributed by atoms with E-state index in [0.717, 1.165) is 31.7 Å². The second kappa shape index (κ2) is 10.7. The molecule has 3 aromatic rings. The van der Waals surface area contributed by atoms with E-state index >= 15 is 0 Å². The minimum absolute atomic E-state index is 0.0504. The number of aromatic amines is 1. The summed E-state index contributed by atoms with van der Waals surface area (Å²) in [6.07, 6.45) is 1.86. The largest absolute Gasteiger partial charge is 0.485 e. The molecule has 2 N–H and O–H groups in total. The fourth-order valence-electron chi connectivity index (χ4n) is 4.98. The number of pyridine rings is 1. The van der Waals surface area contributed by atoms with Gasteiger partial charge in [-0.05, 0) is 63.4 Å². The predicted molar refractivity (Wildman–Crippen MR) is 144 cm³/mol. The lowest BCUT2D eigenvalue weighted by Crippen LogP contribution is -2.59. The van der Waals surface area contributed by atoms with Gasteiger partial charge < -0.3 is 19.7 Å². The van der Waals surface area contributed by atoms with Crippen LogP contribution in [0, 0.1) is 0 Å². The number of fused-ring (bicyclic) bond motifs is 1. The molecular weight excluding hydrogens is 478 g/mol. The maximum atomic E-state index is 12.4. The first-order valence-corrected chi connectivity index (χ1v) is 13.0. The van der Waals surface area contributed by atoms with Gasteiger partial charge in [-0.2, -0.15) is 4.98 Å². The lowest BCUT2D eigenvalue weighted by Gasteiger charge is -2.49. The molecule has 8 nitrogen and oxygen atoms in total. The highest BCUT2D eigenvalue weighted by atomic mass is 35.5. The smallest absolute Gasteiger partial charge is 0.347 e. The van der Waals surface area contributed by atoms with Gasteiger partial charge in [0.25, 0.3) is 0 Å². The van der Waals surface area contributed by atoms with Gasteiger partial charge in [-0.25, -0.2) is 9.78 Å². The monoisotopic (exact) mass is 513 g/mol. The van der Waals surface area contributed by atoms with Crippen LogP contribution in [0.4, 0.5) is 5.82 Å². The molecule has 0 aliphatic carbocycles. The number of piperazine rings is 1. The summed E-state index contributed by atoms with van der Waals surface area (Å²) in [5.41, 5.74) is 1.46. The van der Waals surface area contributed by atoms with Crippen molar-refractivity contribution in [3.8, 4) is 5.75 Å². The van der Waals surface area contributed by atoms with Crippen LogP contribution >= 0.6 is 11.6 Å². The molecule has 0 radical (unpaired) electrons. The third-order valence-corrected chi connectivity index (χ3v) is 7.32. The highest BCUT2D eigenvalue weighted by Crippen LogP contribution is 2.34. The van der Waals surface area contributed by atoms with Crippen molar-refractivity contribution in [2.75, 3.05) is 24.6 Å². The third kappa shape index (κ3) is 5.51. The van der Waals surface area contributed by atoms with Crippen molar-refractivity contribution in [2.45, 2.75) is 71.2 Å². The Morgan fingerprint density at radius 2 is 1.81 bits per heavy atom. The Kier molecular flexibility index (Phi) is 7.87. The van der Waals surface area contributed by atoms with Crippen LogP contribution < -0.4 is 15.3 Å². The summed E-state index contributed by atoms with van der Waals surface area (Å²) in [4.78, 5) is 28.8. The number of hydrogen-bond donors (Lipinski definition) is 2. The zero-order valence-electron chi connectivity index (χ0n) is 21.7. The molecule has 2 unspecified atom stereocenters. The number of H-pyrrole nitrogens is 1. The Hall–Kier alpha value is -2.68. The minimum atomic E-state index is -0.623. The number of nitrogens with one attached hydrogen (secondary N) is 1. The average molecular weight is 514 g/mol. The zero-order valence-corrected chi connectivity index (χ0v) is 22.4. The molecule has 0 saturated carbocycles. The number of aliphatic hydroxyl groups is 1. The molecule has 9 heteroatoms. The highest BCUT2D eigenvalue weighted by molar-refractivity contribution is 6.29. The molecule has 3 heterocycles. The second-order valence-electron chi connectivity index (χ2n) is 10.1. The summed E-state index contributed by atoms with van der Waals surface area (Å²) in [5, 5.41) is 9.87. The molecule has 36 heavy (non-hydrogen) atoms. The van der Waals surface area contributed by atoms with Crippen LogP contribution in [0.25, 0.3) is 11.0 Å². The lowest BCUT2D eigenvalue weighted by molar-refractivity contribution is 0.0412. The van der Waals surface area contributed by atoms with Crippen LogP contribution in [0.15, 0.2) is 41.2 Å². The number of benzene rings is 1. The molecule has 1 fully saturated rings. The first kappa shape index (κ1) is 26.4. The molecule has 0 amide bonds. The maximum Gasteiger partial charge on any atom is 0.347 e. The van der Waals surface area contributed by atoms with Crippen molar-refractivity contribution in [1.82, 2.24) is 19.9 Å². The average Bonchev–Trinajstić information content (AvgIpc) is 2.87. The van der Waals surface area contributed by atoms with E-state index in [-0.39, 0.29) is 30.4 Å². The van der Waals surface area contributed by atoms with Gasteiger partial charge in [-0.15, -0.1) is 0 Å². The van der Waals surface area contributed by atoms with Crippen LogP contribution in [-0.2, 0) is 0 Å². The standard InChI is InChI=1S/C27H36ClN5O3/c1-6-19-15-33(25-24-22(29-26(35)31-25)12-13-23(28)30-24)20(7-2)14-32(19)17(3)18-8-10-21(11-9-18)36-27(4,5)16-34/h8-13,17,19-20,34H,6-7,14-16H2,1-5H3,(H,29,31,35)/t17?,19-,20?/m1/s1. The number of aliphatic hydroxyl groups excluding tert-OH is 1. The summed E-state index contributed by atoms with van der Waals surface area (Å²) < 4.78 is 5.90. The van der Waals surface area contributed by atoms with E-state index < -0.39 is 5.60 Å². The molecule has 0 spiro atoms. The van der Waals surface area contributed by atoms with Crippen molar-refractivity contribution in [3.63, 3.8) is 0 Å². The van der Waals surface area contributed by atoms with Crippen molar-refractivity contribution in [3.05, 3.63) is 57.6 Å². The summed E-state index contributed by atoms with van der Waals surface area (Å²) in [5.74, 6) is 1.34. The van der Waals surface area contributed by atoms with Crippen molar-refractivity contribution in [1.29, 1.82) is 0 Å². The molecule has 2 aromatic heterocycles. The Bertz CT molecular complexity index is 1250. The van der Waals surface area contributed by atoms with Gasteiger partial charge in [-0.1, -0.05) is 37.6 Å². The zero-order chi connectivity index (χ0) is 26.0. The fraction of sp³-hybridized carbons (Fsp3) is 0.519. The van der Waals surface area contributed by atoms with Crippen LogP contribution in [-0.4, -0.2) is 62.3 Å². The first-order chi connectivity index (χ1) is 17.2. The number of ether oxygens (including phenoxy) is 1. The van der Waals surface area contributed by atoms with Crippen molar-refractivity contribution < 1.29 is 9.84 Å². The van der Waals surface area contributed by atoms with E-state index in [2.05, 4.69) is 57.7 Å². The van der Waals surface area contributed by atoms with Gasteiger partial charge >= 0.3 is 5.69 Å². The fourth-order valence-corrected chi connectivity index (χ4v) is 5.12. The number of rotatable bonds is 8. The molecule has 3 atom stereocenters. The van der Waals surface area contributed by atoms with Crippen molar-refractivity contribution in [2.24, 2.45) is 0 Å². The number of aromatic nitrogens is 3. The molecule has 4 rings (SSSR count). The number of anilines is 1. The normalized spacial score (nSPS) is 20.0. The van der Waals surface area contributed by atoms with E-state index in [1.165, 1.54) is 5.56 Å². The number of nitrogens with zero attached hydrogens (tertiary/aromatic N) is 4. The van der Waals surface area contributed by atoms with Gasteiger partial charge in [0.05, 0.1) is 12.1 Å². The maximum absolute atomic E-state index is 12.4. The highest BCUT2D eigenvalue weighted by Gasteiger charge is 2.36. The Morgan fingerprint density at radius 3 is 2.44 bits per heavy atom. The van der Waals surface area contributed by atoms with Gasteiger partial charge in [-0.3, -0.25) is 4.90 Å². The Balaban J connectivity index is 1.61. The van der Waals surface area contributed by atoms with Gasteiger partial charge in [0.1, 0.15) is 22.0 Å². The summed E-state index contributed by atoms with van der Waals surface area (Å²) in [6.45, 7) is 11.8. The summed E-state index contributed by atoms with van der Waals surface area (Å²) in [6, 6.07) is 12.2. The van der Waals surface area contributed by atoms with Gasteiger partial charge in [0.2, 0.25) is 0 Å². The van der Waals surface area contributed by atoms with E-state index in [4.69, 9.17) is 16.3 Å². The quantitative estimate of drug-likeness (QED) is 0.426. The van der Waals surface area contributed by atoms with Gasteiger partial charge in [0.15, 0.2) is 5.82 Å². The first-order valence-electron chi connectivity index (χ1n) is 12.6. The van der Waals surface area contributed by atoms with Crippen LogP contribution in [0.3, 0.4) is 0 Å². The molecule has 1 aromatic carbocycles. The molecule has 194 valence electrons. The Labute approximate surface area is 217 Å².